The van der Waals surface area contributed by atoms with Gasteiger partial charge >= 0.3 is 0 Å². The lowest BCUT2D eigenvalue weighted by Crippen LogP contribution is -2.19. The second-order valence-electron chi connectivity index (χ2n) is 3.59. The van der Waals surface area contributed by atoms with Crippen molar-refractivity contribution in [2.24, 2.45) is 0 Å². The fraction of sp³-hybridized carbons (Fsp3) is 0.385. The molecule has 0 spiro atoms. The molecule has 0 N–H and O–H groups in total. The van der Waals surface area contributed by atoms with E-state index in [9.17, 15) is 0 Å². The third-order valence-electron chi connectivity index (χ3n) is 2.07. The summed E-state index contributed by atoms with van der Waals surface area (Å²) in [5.74, 6) is 0.899. The first-order valence-electron chi connectivity index (χ1n) is 5.20. The maximum atomic E-state index is 5.72. The van der Waals surface area contributed by atoms with E-state index in [2.05, 4.69) is 6.58 Å². The molecule has 2 heteroatoms. The van der Waals surface area contributed by atoms with Crippen LogP contribution in [-0.2, 0) is 4.74 Å². The van der Waals surface area contributed by atoms with E-state index in [-0.39, 0.29) is 12.2 Å². The van der Waals surface area contributed by atoms with Crippen LogP contribution in [0.1, 0.15) is 20.3 Å². The Labute approximate surface area is 91.5 Å². The van der Waals surface area contributed by atoms with E-state index in [1.807, 2.05) is 44.2 Å². The molecule has 0 heterocycles. The van der Waals surface area contributed by atoms with Crippen LogP contribution in [-0.4, -0.2) is 12.2 Å². The fourth-order valence-corrected chi connectivity index (χ4v) is 1.47. The summed E-state index contributed by atoms with van der Waals surface area (Å²) in [5.41, 5.74) is 0. The Morgan fingerprint density at radius 1 is 1.20 bits per heavy atom. The van der Waals surface area contributed by atoms with Crippen LogP contribution in [0, 0.1) is 0 Å². The standard InChI is InChI=1S/C13H18O2/c1-4-14-11(2)10-12(3)15-13-8-6-5-7-9-13/h4-9,11-12H,1,10H2,2-3H3/t11-,12+/m0/s1. The molecule has 82 valence electrons. The first kappa shape index (κ1) is 11.6. The number of benzene rings is 1. The first-order valence-corrected chi connectivity index (χ1v) is 5.20. The van der Waals surface area contributed by atoms with Gasteiger partial charge in [-0.05, 0) is 26.0 Å². The Morgan fingerprint density at radius 3 is 2.47 bits per heavy atom. The van der Waals surface area contributed by atoms with E-state index in [1.54, 1.807) is 0 Å². The number of hydrogen-bond acceptors (Lipinski definition) is 2. The van der Waals surface area contributed by atoms with Crippen LogP contribution in [0.2, 0.25) is 0 Å². The van der Waals surface area contributed by atoms with Crippen LogP contribution in [0.3, 0.4) is 0 Å². The van der Waals surface area contributed by atoms with Crippen molar-refractivity contribution in [3.63, 3.8) is 0 Å². The van der Waals surface area contributed by atoms with E-state index < -0.39 is 0 Å². The van der Waals surface area contributed by atoms with E-state index in [0.29, 0.717) is 0 Å². The minimum Gasteiger partial charge on any atom is -0.499 e. The summed E-state index contributed by atoms with van der Waals surface area (Å²) < 4.78 is 11.0. The van der Waals surface area contributed by atoms with Crippen LogP contribution < -0.4 is 4.74 Å². The predicted octanol–water partition coefficient (Wildman–Crippen LogP) is 3.39. The summed E-state index contributed by atoms with van der Waals surface area (Å²) in [5, 5.41) is 0. The highest BCUT2D eigenvalue weighted by atomic mass is 16.5. The van der Waals surface area contributed by atoms with Crippen LogP contribution >= 0.6 is 0 Å². The monoisotopic (exact) mass is 206 g/mol. The summed E-state index contributed by atoms with van der Waals surface area (Å²) >= 11 is 0. The van der Waals surface area contributed by atoms with E-state index in [1.165, 1.54) is 6.26 Å². The van der Waals surface area contributed by atoms with Crippen molar-refractivity contribution in [3.05, 3.63) is 43.2 Å². The van der Waals surface area contributed by atoms with Gasteiger partial charge in [0, 0.05) is 6.42 Å². The second-order valence-corrected chi connectivity index (χ2v) is 3.59. The molecule has 2 nitrogen and oxygen atoms in total. The van der Waals surface area contributed by atoms with E-state index in [0.717, 1.165) is 12.2 Å². The molecule has 0 unspecified atom stereocenters. The lowest BCUT2D eigenvalue weighted by Gasteiger charge is -2.18. The zero-order valence-corrected chi connectivity index (χ0v) is 9.35. The van der Waals surface area contributed by atoms with E-state index in [4.69, 9.17) is 9.47 Å². The molecular formula is C13H18O2. The smallest absolute Gasteiger partial charge is 0.119 e. The van der Waals surface area contributed by atoms with Gasteiger partial charge in [-0.25, -0.2) is 0 Å². The van der Waals surface area contributed by atoms with E-state index >= 15 is 0 Å². The molecule has 0 saturated carbocycles. The van der Waals surface area contributed by atoms with Gasteiger partial charge in [0.1, 0.15) is 5.75 Å². The molecule has 1 aromatic carbocycles. The normalized spacial score (nSPS) is 14.0. The second kappa shape index (κ2) is 6.12. The zero-order valence-electron chi connectivity index (χ0n) is 9.35. The molecular weight excluding hydrogens is 188 g/mol. The minimum atomic E-state index is 0.140. The van der Waals surface area contributed by atoms with Crippen molar-refractivity contribution in [1.82, 2.24) is 0 Å². The van der Waals surface area contributed by atoms with Crippen LogP contribution in [0.15, 0.2) is 43.2 Å². The summed E-state index contributed by atoms with van der Waals surface area (Å²) in [4.78, 5) is 0. The highest BCUT2D eigenvalue weighted by molar-refractivity contribution is 5.21. The van der Waals surface area contributed by atoms with Crippen molar-refractivity contribution in [2.45, 2.75) is 32.5 Å². The van der Waals surface area contributed by atoms with Gasteiger partial charge in [-0.2, -0.15) is 0 Å². The molecule has 0 aliphatic heterocycles. The molecule has 0 bridgehead atoms. The topological polar surface area (TPSA) is 18.5 Å². The molecule has 0 aliphatic rings. The average Bonchev–Trinajstić information content (AvgIpc) is 2.19. The summed E-state index contributed by atoms with van der Waals surface area (Å²) in [6.07, 6.45) is 2.60. The first-order chi connectivity index (χ1) is 7.22. The molecule has 2 atom stereocenters. The van der Waals surface area contributed by atoms with Crippen molar-refractivity contribution in [1.29, 1.82) is 0 Å². The van der Waals surface area contributed by atoms with Crippen LogP contribution in [0.25, 0.3) is 0 Å². The molecule has 0 fully saturated rings. The Morgan fingerprint density at radius 2 is 1.87 bits per heavy atom. The third-order valence-corrected chi connectivity index (χ3v) is 2.07. The van der Waals surface area contributed by atoms with Crippen LogP contribution in [0.5, 0.6) is 5.75 Å². The maximum absolute atomic E-state index is 5.72. The molecule has 0 radical (unpaired) electrons. The predicted molar refractivity (Wildman–Crippen MR) is 61.9 cm³/mol. The van der Waals surface area contributed by atoms with Gasteiger partial charge in [0.05, 0.1) is 18.5 Å². The van der Waals surface area contributed by atoms with Gasteiger partial charge in [0.2, 0.25) is 0 Å². The number of hydrogen-bond donors (Lipinski definition) is 0. The van der Waals surface area contributed by atoms with Gasteiger partial charge < -0.3 is 9.47 Å². The highest BCUT2D eigenvalue weighted by Crippen LogP contribution is 2.14. The Balaban J connectivity index is 2.36. The van der Waals surface area contributed by atoms with Gasteiger partial charge in [-0.15, -0.1) is 0 Å². The van der Waals surface area contributed by atoms with Gasteiger partial charge in [0.25, 0.3) is 0 Å². The molecule has 0 aromatic heterocycles. The van der Waals surface area contributed by atoms with Gasteiger partial charge in [-0.1, -0.05) is 24.8 Å². The number of rotatable bonds is 6. The van der Waals surface area contributed by atoms with Crippen molar-refractivity contribution >= 4 is 0 Å². The maximum Gasteiger partial charge on any atom is 0.119 e. The molecule has 0 amide bonds. The summed E-state index contributed by atoms with van der Waals surface area (Å²) in [6, 6.07) is 9.81. The lowest BCUT2D eigenvalue weighted by atomic mass is 10.2. The lowest BCUT2D eigenvalue weighted by molar-refractivity contribution is 0.0997. The van der Waals surface area contributed by atoms with Crippen molar-refractivity contribution < 1.29 is 9.47 Å². The quantitative estimate of drug-likeness (QED) is 0.664. The molecule has 1 aromatic rings. The SMILES string of the molecule is C=CO[C@@H](C)C[C@@H](C)Oc1ccccc1. The van der Waals surface area contributed by atoms with Crippen molar-refractivity contribution in [3.8, 4) is 5.75 Å². The number of ether oxygens (including phenoxy) is 2. The van der Waals surface area contributed by atoms with Crippen molar-refractivity contribution in [2.75, 3.05) is 0 Å². The molecule has 15 heavy (non-hydrogen) atoms. The molecule has 0 saturated heterocycles. The van der Waals surface area contributed by atoms with Gasteiger partial charge in [0.15, 0.2) is 0 Å². The molecule has 1 rings (SSSR count). The number of para-hydroxylation sites is 1. The third kappa shape index (κ3) is 4.54. The Bertz CT molecular complexity index is 282. The largest absolute Gasteiger partial charge is 0.499 e. The summed E-state index contributed by atoms with van der Waals surface area (Å²) in [6.45, 7) is 7.57. The average molecular weight is 206 g/mol. The minimum absolute atomic E-state index is 0.140. The Kier molecular flexibility index (Phi) is 4.75. The van der Waals surface area contributed by atoms with Gasteiger partial charge in [-0.3, -0.25) is 0 Å². The highest BCUT2D eigenvalue weighted by Gasteiger charge is 2.09. The zero-order chi connectivity index (χ0) is 11.1. The fourth-order valence-electron chi connectivity index (χ4n) is 1.47. The Hall–Kier alpha value is -1.44. The summed E-state index contributed by atoms with van der Waals surface area (Å²) in [7, 11) is 0. The van der Waals surface area contributed by atoms with Crippen LogP contribution in [0.4, 0.5) is 0 Å². The molecule has 0 aliphatic carbocycles.